The number of hydrogen-bond donors (Lipinski definition) is 2. The summed E-state index contributed by atoms with van der Waals surface area (Å²) in [5.41, 5.74) is 4.22. The molecule has 0 amide bonds. The highest BCUT2D eigenvalue weighted by Crippen LogP contribution is 2.27. The molecule has 0 saturated carbocycles. The van der Waals surface area contributed by atoms with E-state index in [2.05, 4.69) is 22.0 Å². The van der Waals surface area contributed by atoms with Crippen molar-refractivity contribution in [1.29, 1.82) is 0 Å². The Bertz CT molecular complexity index is 662. The molecule has 0 fully saturated rings. The first-order chi connectivity index (χ1) is 10.9. The summed E-state index contributed by atoms with van der Waals surface area (Å²) in [5, 5.41) is 16.0. The lowest BCUT2D eigenvalue weighted by molar-refractivity contribution is -0.139. The minimum Gasteiger partial charge on any atom is -0.482 e. The normalized spacial score (nSPS) is 12.4. The molecule has 0 aliphatic heterocycles. The van der Waals surface area contributed by atoms with Crippen LogP contribution >= 0.6 is 0 Å². The first kappa shape index (κ1) is 17.0. The number of carbonyl (C=O) groups is 1. The van der Waals surface area contributed by atoms with Crippen LogP contribution in [0.2, 0.25) is 0 Å². The van der Waals surface area contributed by atoms with Crippen LogP contribution in [0.5, 0.6) is 5.75 Å². The maximum atomic E-state index is 10.7. The van der Waals surface area contributed by atoms with Gasteiger partial charge in [0.2, 0.25) is 0 Å². The standard InChI is InChI=1S/C17H23N3O3/c1-11-17(12(2)19-18-11)13(3)20(4)9-14-7-5-6-8-15(14)23-10-16(21)22/h5-8,13H,9-10H2,1-4H3,(H,18,19)(H,21,22)/t13-/m0/s1. The summed E-state index contributed by atoms with van der Waals surface area (Å²) in [6, 6.07) is 7.70. The molecule has 0 aliphatic rings. The first-order valence-corrected chi connectivity index (χ1v) is 7.54. The molecular weight excluding hydrogens is 294 g/mol. The van der Waals surface area contributed by atoms with E-state index in [-0.39, 0.29) is 12.6 Å². The average Bonchev–Trinajstić information content (AvgIpc) is 2.84. The van der Waals surface area contributed by atoms with Crippen LogP contribution in [0, 0.1) is 13.8 Å². The third kappa shape index (κ3) is 4.10. The number of ether oxygens (including phenoxy) is 1. The van der Waals surface area contributed by atoms with Gasteiger partial charge in [-0.15, -0.1) is 0 Å². The van der Waals surface area contributed by atoms with Crippen molar-refractivity contribution in [2.24, 2.45) is 0 Å². The van der Waals surface area contributed by atoms with E-state index in [4.69, 9.17) is 9.84 Å². The Balaban J connectivity index is 2.14. The van der Waals surface area contributed by atoms with E-state index in [0.29, 0.717) is 12.3 Å². The Morgan fingerprint density at radius 1 is 1.39 bits per heavy atom. The number of nitrogens with zero attached hydrogens (tertiary/aromatic N) is 2. The lowest BCUT2D eigenvalue weighted by Gasteiger charge is -2.26. The van der Waals surface area contributed by atoms with Gasteiger partial charge in [0.25, 0.3) is 0 Å². The number of para-hydroxylation sites is 1. The minimum absolute atomic E-state index is 0.182. The Morgan fingerprint density at radius 2 is 2.09 bits per heavy atom. The molecule has 0 aliphatic carbocycles. The number of nitrogens with one attached hydrogen (secondary N) is 1. The molecule has 2 rings (SSSR count). The van der Waals surface area contributed by atoms with Gasteiger partial charge in [-0.25, -0.2) is 4.79 Å². The number of benzene rings is 1. The first-order valence-electron chi connectivity index (χ1n) is 7.54. The monoisotopic (exact) mass is 317 g/mol. The fourth-order valence-electron chi connectivity index (χ4n) is 2.72. The maximum Gasteiger partial charge on any atom is 0.341 e. The van der Waals surface area contributed by atoms with E-state index in [0.717, 1.165) is 17.0 Å². The van der Waals surface area contributed by atoms with Crippen molar-refractivity contribution in [2.45, 2.75) is 33.4 Å². The molecule has 6 nitrogen and oxygen atoms in total. The minimum atomic E-state index is -0.980. The number of aryl methyl sites for hydroxylation is 2. The number of rotatable bonds is 7. The summed E-state index contributed by atoms with van der Waals surface area (Å²) < 4.78 is 5.37. The Labute approximate surface area is 136 Å². The van der Waals surface area contributed by atoms with Crippen molar-refractivity contribution in [3.63, 3.8) is 0 Å². The highest BCUT2D eigenvalue weighted by molar-refractivity contribution is 5.68. The van der Waals surface area contributed by atoms with Crippen molar-refractivity contribution in [1.82, 2.24) is 15.1 Å². The zero-order valence-corrected chi connectivity index (χ0v) is 14.0. The van der Waals surface area contributed by atoms with Gasteiger partial charge in [-0.1, -0.05) is 18.2 Å². The van der Waals surface area contributed by atoms with Crippen LogP contribution in [0.15, 0.2) is 24.3 Å². The number of aromatic amines is 1. The molecular formula is C17H23N3O3. The molecule has 0 spiro atoms. The highest BCUT2D eigenvalue weighted by Gasteiger charge is 2.19. The summed E-state index contributed by atoms with van der Waals surface area (Å²) in [6.45, 7) is 6.46. The van der Waals surface area contributed by atoms with E-state index in [1.165, 1.54) is 5.56 Å². The molecule has 0 unspecified atom stereocenters. The van der Waals surface area contributed by atoms with E-state index < -0.39 is 5.97 Å². The second-order valence-electron chi connectivity index (χ2n) is 5.73. The van der Waals surface area contributed by atoms with Crippen LogP contribution < -0.4 is 4.74 Å². The second kappa shape index (κ2) is 7.28. The van der Waals surface area contributed by atoms with Crippen molar-refractivity contribution >= 4 is 5.97 Å². The van der Waals surface area contributed by atoms with E-state index in [1.807, 2.05) is 39.1 Å². The lowest BCUT2D eigenvalue weighted by atomic mass is 10.0. The molecule has 23 heavy (non-hydrogen) atoms. The molecule has 124 valence electrons. The molecule has 1 aromatic heterocycles. The van der Waals surface area contributed by atoms with Crippen molar-refractivity contribution in [3.8, 4) is 5.75 Å². The highest BCUT2D eigenvalue weighted by atomic mass is 16.5. The Morgan fingerprint density at radius 3 is 2.70 bits per heavy atom. The van der Waals surface area contributed by atoms with Crippen molar-refractivity contribution < 1.29 is 14.6 Å². The maximum absolute atomic E-state index is 10.7. The number of carboxylic acids is 1. The molecule has 6 heteroatoms. The molecule has 2 N–H and O–H groups in total. The number of carboxylic acid groups (broad SMARTS) is 1. The van der Waals surface area contributed by atoms with E-state index >= 15 is 0 Å². The van der Waals surface area contributed by atoms with Gasteiger partial charge >= 0.3 is 5.97 Å². The third-order valence-corrected chi connectivity index (χ3v) is 4.01. The number of H-pyrrole nitrogens is 1. The molecule has 1 aromatic carbocycles. The van der Waals surface area contributed by atoms with Gasteiger partial charge in [0.1, 0.15) is 5.75 Å². The third-order valence-electron chi connectivity index (χ3n) is 4.01. The Kier molecular flexibility index (Phi) is 5.39. The SMILES string of the molecule is Cc1n[nH]c(C)c1[C@H](C)N(C)Cc1ccccc1OCC(=O)O. The van der Waals surface area contributed by atoms with Crippen LogP contribution in [0.3, 0.4) is 0 Å². The largest absolute Gasteiger partial charge is 0.482 e. The molecule has 1 heterocycles. The van der Waals surface area contributed by atoms with Crippen LogP contribution in [0.4, 0.5) is 0 Å². The quantitative estimate of drug-likeness (QED) is 0.821. The summed E-state index contributed by atoms with van der Waals surface area (Å²) >= 11 is 0. The average molecular weight is 317 g/mol. The summed E-state index contributed by atoms with van der Waals surface area (Å²) in [5.74, 6) is -0.374. The molecule has 0 saturated heterocycles. The zero-order chi connectivity index (χ0) is 17.0. The lowest BCUT2D eigenvalue weighted by Crippen LogP contribution is -2.23. The fraction of sp³-hybridized carbons (Fsp3) is 0.412. The van der Waals surface area contributed by atoms with Crippen LogP contribution in [0.1, 0.15) is 35.5 Å². The van der Waals surface area contributed by atoms with Crippen molar-refractivity contribution in [2.75, 3.05) is 13.7 Å². The number of aliphatic carboxylic acids is 1. The summed E-state index contributed by atoms with van der Waals surface area (Å²) in [6.07, 6.45) is 0. The van der Waals surface area contributed by atoms with Crippen LogP contribution in [0.25, 0.3) is 0 Å². The summed E-state index contributed by atoms with van der Waals surface area (Å²) in [4.78, 5) is 12.9. The predicted molar refractivity (Wildman–Crippen MR) is 87.5 cm³/mol. The van der Waals surface area contributed by atoms with Crippen LogP contribution in [-0.4, -0.2) is 39.8 Å². The zero-order valence-electron chi connectivity index (χ0n) is 14.0. The molecule has 1 atom stereocenters. The van der Waals surface area contributed by atoms with Crippen LogP contribution in [-0.2, 0) is 11.3 Å². The topological polar surface area (TPSA) is 78.5 Å². The number of aromatic nitrogens is 2. The van der Waals surface area contributed by atoms with Gasteiger partial charge in [0, 0.05) is 29.4 Å². The van der Waals surface area contributed by atoms with Gasteiger partial charge in [-0.05, 0) is 33.9 Å². The molecule has 0 radical (unpaired) electrons. The van der Waals surface area contributed by atoms with E-state index in [9.17, 15) is 4.79 Å². The van der Waals surface area contributed by atoms with E-state index in [1.54, 1.807) is 6.07 Å². The Hall–Kier alpha value is -2.34. The predicted octanol–water partition coefficient (Wildman–Crippen LogP) is 2.68. The summed E-state index contributed by atoms with van der Waals surface area (Å²) in [7, 11) is 2.03. The molecule has 0 bridgehead atoms. The van der Waals surface area contributed by atoms with Crippen molar-refractivity contribution in [3.05, 3.63) is 46.8 Å². The van der Waals surface area contributed by atoms with Gasteiger partial charge in [-0.3, -0.25) is 10.00 Å². The fourth-order valence-corrected chi connectivity index (χ4v) is 2.72. The smallest absolute Gasteiger partial charge is 0.341 e. The number of hydrogen-bond acceptors (Lipinski definition) is 4. The van der Waals surface area contributed by atoms with Gasteiger partial charge in [-0.2, -0.15) is 5.10 Å². The van der Waals surface area contributed by atoms with Gasteiger partial charge in [0.15, 0.2) is 6.61 Å². The second-order valence-corrected chi connectivity index (χ2v) is 5.73. The van der Waals surface area contributed by atoms with Gasteiger partial charge < -0.3 is 9.84 Å². The molecule has 2 aromatic rings. The van der Waals surface area contributed by atoms with Gasteiger partial charge in [0.05, 0.1) is 5.69 Å².